The van der Waals surface area contributed by atoms with Gasteiger partial charge in [-0.1, -0.05) is 84.0 Å². The quantitative estimate of drug-likeness (QED) is 0.149. The van der Waals surface area contributed by atoms with E-state index in [0.29, 0.717) is 6.61 Å². The molecule has 0 saturated heterocycles. The Kier molecular flexibility index (Phi) is 19.1. The Bertz CT molecular complexity index is 238. The van der Waals surface area contributed by atoms with Crippen molar-refractivity contribution in [2.24, 2.45) is 0 Å². The number of allylic oxidation sites excluding steroid dienone is 1. The molecule has 0 aliphatic rings. The van der Waals surface area contributed by atoms with Crippen molar-refractivity contribution in [3.63, 3.8) is 0 Å². The molecule has 0 radical (unpaired) electrons. The molecule has 2 heteroatoms. The normalized spacial score (nSPS) is 12.8. The summed E-state index contributed by atoms with van der Waals surface area (Å²) in [5.74, 6) is 0. The van der Waals surface area contributed by atoms with Gasteiger partial charge in [0, 0.05) is 6.61 Å². The molecule has 1 atom stereocenters. The summed E-state index contributed by atoms with van der Waals surface area (Å²) in [5, 5.41) is 0. The smallest absolute Gasteiger partial charge is 0.196 e. The summed E-state index contributed by atoms with van der Waals surface area (Å²) in [6.45, 7) is 6.90. The number of hydrogen-bond acceptors (Lipinski definition) is 2. The lowest BCUT2D eigenvalue weighted by Gasteiger charge is -2.09. The Balaban J connectivity index is 3.09. The number of rotatable bonds is 18. The molecule has 0 spiro atoms. The molecule has 23 heavy (non-hydrogen) atoms. The van der Waals surface area contributed by atoms with E-state index in [9.17, 15) is 0 Å². The second-order valence-corrected chi connectivity index (χ2v) is 6.56. The average Bonchev–Trinajstić information content (AvgIpc) is 2.54. The molecule has 0 rings (SSSR count). The molecule has 0 heterocycles. The van der Waals surface area contributed by atoms with Crippen molar-refractivity contribution in [3.8, 4) is 0 Å². The van der Waals surface area contributed by atoms with E-state index in [1.807, 2.05) is 13.8 Å². The number of unbranched alkanes of at least 4 members (excludes halogenated alkanes) is 13. The van der Waals surface area contributed by atoms with Crippen LogP contribution in [0.25, 0.3) is 0 Å². The summed E-state index contributed by atoms with van der Waals surface area (Å²) in [6, 6.07) is 0. The highest BCUT2D eigenvalue weighted by Gasteiger charge is 1.96. The van der Waals surface area contributed by atoms with E-state index in [4.69, 9.17) is 9.47 Å². The van der Waals surface area contributed by atoms with Crippen LogP contribution in [-0.4, -0.2) is 12.9 Å². The van der Waals surface area contributed by atoms with Crippen LogP contribution in [-0.2, 0) is 9.47 Å². The van der Waals surface area contributed by atoms with E-state index >= 15 is 0 Å². The Hall–Kier alpha value is -0.500. The molecule has 1 unspecified atom stereocenters. The lowest BCUT2D eigenvalue weighted by molar-refractivity contribution is -0.0883. The van der Waals surface area contributed by atoms with Gasteiger partial charge in [0.2, 0.25) is 0 Å². The van der Waals surface area contributed by atoms with Crippen LogP contribution in [0.2, 0.25) is 0 Å². The van der Waals surface area contributed by atoms with E-state index in [0.717, 1.165) is 6.42 Å². The number of hydrogen-bond donors (Lipinski definition) is 0. The van der Waals surface area contributed by atoms with Gasteiger partial charge in [0.25, 0.3) is 0 Å². The summed E-state index contributed by atoms with van der Waals surface area (Å²) in [4.78, 5) is 0. The molecule has 0 aliphatic carbocycles. The Morgan fingerprint density at radius 1 is 0.696 bits per heavy atom. The van der Waals surface area contributed by atoms with Crippen LogP contribution in [0.3, 0.4) is 0 Å². The van der Waals surface area contributed by atoms with Gasteiger partial charge in [-0.25, -0.2) is 0 Å². The van der Waals surface area contributed by atoms with Crippen molar-refractivity contribution < 1.29 is 9.47 Å². The zero-order valence-electron chi connectivity index (χ0n) is 16.2. The van der Waals surface area contributed by atoms with E-state index in [2.05, 4.69) is 13.0 Å². The Labute approximate surface area is 146 Å². The molecule has 0 saturated carbocycles. The highest BCUT2D eigenvalue weighted by molar-refractivity contribution is 4.73. The summed E-state index contributed by atoms with van der Waals surface area (Å²) in [7, 11) is 0. The van der Waals surface area contributed by atoms with Crippen molar-refractivity contribution in [1.29, 1.82) is 0 Å². The Morgan fingerprint density at radius 3 is 1.65 bits per heavy atom. The lowest BCUT2D eigenvalue weighted by Crippen LogP contribution is -2.08. The minimum absolute atomic E-state index is 0.122. The first-order valence-electron chi connectivity index (χ1n) is 10.2. The van der Waals surface area contributed by atoms with Crippen molar-refractivity contribution in [2.45, 2.75) is 117 Å². The summed E-state index contributed by atoms with van der Waals surface area (Å²) < 4.78 is 10.7. The second-order valence-electron chi connectivity index (χ2n) is 6.56. The third-order valence-corrected chi connectivity index (χ3v) is 4.24. The maximum atomic E-state index is 5.39. The van der Waals surface area contributed by atoms with Gasteiger partial charge in [0.05, 0.1) is 6.26 Å². The summed E-state index contributed by atoms with van der Waals surface area (Å²) in [5.41, 5.74) is 0. The van der Waals surface area contributed by atoms with Gasteiger partial charge in [-0.15, -0.1) is 0 Å². The first kappa shape index (κ1) is 22.5. The minimum Gasteiger partial charge on any atom is -0.473 e. The monoisotopic (exact) mass is 326 g/mol. The second kappa shape index (κ2) is 19.5. The van der Waals surface area contributed by atoms with Gasteiger partial charge in [-0.3, -0.25) is 0 Å². The van der Waals surface area contributed by atoms with Gasteiger partial charge in [0.1, 0.15) is 0 Å². The van der Waals surface area contributed by atoms with Gasteiger partial charge in [-0.05, 0) is 32.8 Å². The lowest BCUT2D eigenvalue weighted by atomic mass is 10.0. The van der Waals surface area contributed by atoms with Crippen molar-refractivity contribution in [3.05, 3.63) is 12.3 Å². The average molecular weight is 327 g/mol. The molecule has 0 fully saturated rings. The fourth-order valence-corrected chi connectivity index (χ4v) is 2.79. The van der Waals surface area contributed by atoms with E-state index < -0.39 is 0 Å². The highest BCUT2D eigenvalue weighted by Crippen LogP contribution is 2.13. The fraction of sp³-hybridized carbons (Fsp3) is 0.905. The van der Waals surface area contributed by atoms with Gasteiger partial charge >= 0.3 is 0 Å². The minimum atomic E-state index is -0.122. The van der Waals surface area contributed by atoms with Crippen LogP contribution >= 0.6 is 0 Å². The maximum Gasteiger partial charge on any atom is 0.196 e. The standard InChI is InChI=1S/C21H42O2/c1-4-6-7-8-9-10-11-12-13-14-15-16-17-18-19-20-23-21(3)22-5-2/h19-21H,4-18H2,1-3H3. The molecule has 138 valence electrons. The van der Waals surface area contributed by atoms with Crippen molar-refractivity contribution in [1.82, 2.24) is 0 Å². The van der Waals surface area contributed by atoms with Crippen LogP contribution in [0.5, 0.6) is 0 Å². The Morgan fingerprint density at radius 2 is 1.17 bits per heavy atom. The van der Waals surface area contributed by atoms with Crippen molar-refractivity contribution in [2.75, 3.05) is 6.61 Å². The third kappa shape index (κ3) is 19.5. The first-order valence-corrected chi connectivity index (χ1v) is 10.2. The molecule has 2 nitrogen and oxygen atoms in total. The predicted octanol–water partition coefficient (Wildman–Crippen LogP) is 7.38. The fourth-order valence-electron chi connectivity index (χ4n) is 2.79. The summed E-state index contributed by atoms with van der Waals surface area (Å²) >= 11 is 0. The van der Waals surface area contributed by atoms with Gasteiger partial charge < -0.3 is 9.47 Å². The topological polar surface area (TPSA) is 18.5 Å². The third-order valence-electron chi connectivity index (χ3n) is 4.24. The first-order chi connectivity index (χ1) is 11.3. The molecule has 0 aromatic carbocycles. The molecule has 0 N–H and O–H groups in total. The molecule has 0 aromatic rings. The number of ether oxygens (including phenoxy) is 2. The van der Waals surface area contributed by atoms with E-state index in [-0.39, 0.29) is 6.29 Å². The van der Waals surface area contributed by atoms with Crippen LogP contribution in [0.4, 0.5) is 0 Å². The molecular formula is C21H42O2. The molecule has 0 aliphatic heterocycles. The summed E-state index contributed by atoms with van der Waals surface area (Å²) in [6.07, 6.45) is 23.2. The molecular weight excluding hydrogens is 284 g/mol. The van der Waals surface area contributed by atoms with E-state index in [1.165, 1.54) is 83.5 Å². The van der Waals surface area contributed by atoms with E-state index in [1.54, 1.807) is 6.26 Å². The van der Waals surface area contributed by atoms with Crippen molar-refractivity contribution >= 4 is 0 Å². The largest absolute Gasteiger partial charge is 0.473 e. The molecule has 0 amide bonds. The highest BCUT2D eigenvalue weighted by atomic mass is 16.7. The van der Waals surface area contributed by atoms with Crippen LogP contribution < -0.4 is 0 Å². The molecule has 0 aromatic heterocycles. The van der Waals surface area contributed by atoms with Gasteiger partial charge in [0.15, 0.2) is 6.29 Å². The zero-order chi connectivity index (χ0) is 17.0. The maximum absolute atomic E-state index is 5.39. The van der Waals surface area contributed by atoms with Gasteiger partial charge in [-0.2, -0.15) is 0 Å². The van der Waals surface area contributed by atoms with Crippen LogP contribution in [0, 0.1) is 0 Å². The SMILES string of the molecule is CCCCCCCCCCCCCCCC=COC(C)OCC. The molecule has 0 bridgehead atoms. The predicted molar refractivity (Wildman–Crippen MR) is 102 cm³/mol. The zero-order valence-corrected chi connectivity index (χ0v) is 16.2. The van der Waals surface area contributed by atoms with Crippen LogP contribution in [0.15, 0.2) is 12.3 Å². The van der Waals surface area contributed by atoms with Crippen LogP contribution in [0.1, 0.15) is 111 Å².